The van der Waals surface area contributed by atoms with E-state index in [0.29, 0.717) is 0 Å². The van der Waals surface area contributed by atoms with Crippen LogP contribution < -0.4 is 0 Å². The lowest BCUT2D eigenvalue weighted by Crippen LogP contribution is -1.84. The van der Waals surface area contributed by atoms with Gasteiger partial charge in [-0.25, -0.2) is 0 Å². The Bertz CT molecular complexity index is 503. The molecule has 0 saturated carbocycles. The van der Waals surface area contributed by atoms with E-state index in [0.717, 1.165) is 22.0 Å². The van der Waals surface area contributed by atoms with Crippen molar-refractivity contribution in [1.29, 1.82) is 0 Å². The van der Waals surface area contributed by atoms with Crippen LogP contribution >= 0.6 is 0 Å². The molecule has 2 nitrogen and oxygen atoms in total. The summed E-state index contributed by atoms with van der Waals surface area (Å²) in [5.41, 5.74) is 3.05. The van der Waals surface area contributed by atoms with Crippen LogP contribution in [0.4, 0.5) is 0 Å². The van der Waals surface area contributed by atoms with E-state index in [4.69, 9.17) is 5.11 Å². The molecule has 15 heavy (non-hydrogen) atoms. The minimum absolute atomic E-state index is 0.102. The van der Waals surface area contributed by atoms with Gasteiger partial charge in [-0.05, 0) is 36.3 Å². The molecule has 76 valence electrons. The molecule has 1 aromatic carbocycles. The Morgan fingerprint density at radius 3 is 3.07 bits per heavy atom. The first-order valence-electron chi connectivity index (χ1n) is 4.92. The normalized spacial score (nSPS) is 12.0. The number of hydrogen-bond acceptors (Lipinski definition) is 2. The maximum atomic E-state index is 8.93. The van der Waals surface area contributed by atoms with Crippen molar-refractivity contribution in [2.75, 3.05) is 6.61 Å². The average Bonchev–Trinajstić information content (AvgIpc) is 2.29. The highest BCUT2D eigenvalue weighted by atomic mass is 16.3. The lowest BCUT2D eigenvalue weighted by atomic mass is 10.1. The number of hydrogen-bond donors (Lipinski definition) is 1. The molecule has 0 radical (unpaired) electrons. The van der Waals surface area contributed by atoms with Gasteiger partial charge in [-0.1, -0.05) is 18.2 Å². The molecule has 0 saturated heterocycles. The molecule has 2 heteroatoms. The number of fused-ring (bicyclic) bond motifs is 1. The van der Waals surface area contributed by atoms with E-state index in [1.807, 2.05) is 37.3 Å². The number of benzene rings is 1. The number of aromatic nitrogens is 1. The van der Waals surface area contributed by atoms with Crippen molar-refractivity contribution in [2.45, 2.75) is 6.92 Å². The molecule has 0 spiro atoms. The molecule has 0 aliphatic carbocycles. The summed E-state index contributed by atoms with van der Waals surface area (Å²) in [6, 6.07) is 10.0. The Balaban J connectivity index is 2.47. The zero-order chi connectivity index (χ0) is 10.7. The van der Waals surface area contributed by atoms with Crippen molar-refractivity contribution < 1.29 is 5.11 Å². The zero-order valence-electron chi connectivity index (χ0n) is 8.64. The van der Waals surface area contributed by atoms with Crippen molar-refractivity contribution in [3.63, 3.8) is 0 Å². The van der Waals surface area contributed by atoms with Crippen molar-refractivity contribution in [1.82, 2.24) is 4.98 Å². The van der Waals surface area contributed by atoms with E-state index in [-0.39, 0.29) is 6.61 Å². The highest BCUT2D eigenvalue weighted by Crippen LogP contribution is 2.15. The molecular formula is C13H13NO. The quantitative estimate of drug-likeness (QED) is 0.806. The van der Waals surface area contributed by atoms with E-state index in [9.17, 15) is 0 Å². The molecule has 0 aliphatic rings. The van der Waals surface area contributed by atoms with Crippen LogP contribution in [-0.4, -0.2) is 16.7 Å². The van der Waals surface area contributed by atoms with E-state index in [1.54, 1.807) is 6.20 Å². The molecule has 2 aromatic rings. The second-order valence-electron chi connectivity index (χ2n) is 3.60. The second-order valence-corrected chi connectivity index (χ2v) is 3.60. The topological polar surface area (TPSA) is 33.1 Å². The van der Waals surface area contributed by atoms with Crippen LogP contribution in [0.15, 0.2) is 42.1 Å². The first kappa shape index (κ1) is 9.87. The van der Waals surface area contributed by atoms with Gasteiger partial charge >= 0.3 is 0 Å². The minimum atomic E-state index is 0.102. The number of aliphatic hydroxyl groups is 1. The number of nitrogens with zero attached hydrogens (tertiary/aromatic N) is 1. The maximum Gasteiger partial charge on any atom is 0.0702 e. The molecule has 0 aliphatic heterocycles. The first-order chi connectivity index (χ1) is 7.29. The molecule has 2 rings (SSSR count). The zero-order valence-corrected chi connectivity index (χ0v) is 8.64. The molecule has 0 unspecified atom stereocenters. The van der Waals surface area contributed by atoms with Crippen LogP contribution in [0.2, 0.25) is 0 Å². The fraction of sp³-hybridized carbons (Fsp3) is 0.154. The highest BCUT2D eigenvalue weighted by molar-refractivity contribution is 5.81. The lowest BCUT2D eigenvalue weighted by molar-refractivity contribution is 0.332. The predicted molar refractivity (Wildman–Crippen MR) is 62.5 cm³/mol. The van der Waals surface area contributed by atoms with Crippen molar-refractivity contribution >= 4 is 17.0 Å². The fourth-order valence-electron chi connectivity index (χ4n) is 1.51. The predicted octanol–water partition coefficient (Wildman–Crippen LogP) is 2.63. The molecular weight excluding hydrogens is 186 g/mol. The summed E-state index contributed by atoms with van der Waals surface area (Å²) in [7, 11) is 0. The summed E-state index contributed by atoms with van der Waals surface area (Å²) < 4.78 is 0. The minimum Gasteiger partial charge on any atom is -0.392 e. The Hall–Kier alpha value is -1.67. The van der Waals surface area contributed by atoms with Gasteiger partial charge < -0.3 is 5.11 Å². The van der Waals surface area contributed by atoms with Crippen LogP contribution in [0.25, 0.3) is 17.0 Å². The van der Waals surface area contributed by atoms with Gasteiger partial charge in [-0.15, -0.1) is 0 Å². The Labute approximate surface area is 88.9 Å². The Morgan fingerprint density at radius 1 is 1.40 bits per heavy atom. The summed E-state index contributed by atoms with van der Waals surface area (Å²) >= 11 is 0. The smallest absolute Gasteiger partial charge is 0.0702 e. The molecule has 1 N–H and O–H groups in total. The summed E-state index contributed by atoms with van der Waals surface area (Å²) in [6.45, 7) is 2.01. The van der Waals surface area contributed by atoms with Gasteiger partial charge in [0.25, 0.3) is 0 Å². The van der Waals surface area contributed by atoms with Gasteiger partial charge in [0, 0.05) is 11.6 Å². The highest BCUT2D eigenvalue weighted by Gasteiger charge is 1.95. The first-order valence-corrected chi connectivity index (χ1v) is 4.92. The van der Waals surface area contributed by atoms with Gasteiger partial charge in [0.1, 0.15) is 0 Å². The molecule has 1 aromatic heterocycles. The summed E-state index contributed by atoms with van der Waals surface area (Å²) in [4.78, 5) is 4.25. The number of aliphatic hydroxyl groups excluding tert-OH is 1. The van der Waals surface area contributed by atoms with Crippen LogP contribution in [0, 0.1) is 0 Å². The lowest BCUT2D eigenvalue weighted by Gasteiger charge is -2.00. The summed E-state index contributed by atoms with van der Waals surface area (Å²) in [5, 5.41) is 10.1. The second kappa shape index (κ2) is 4.24. The molecule has 0 amide bonds. The van der Waals surface area contributed by atoms with E-state index in [2.05, 4.69) is 11.1 Å². The summed E-state index contributed by atoms with van der Waals surface area (Å²) in [6.07, 6.45) is 3.77. The van der Waals surface area contributed by atoms with Gasteiger partial charge in [-0.2, -0.15) is 0 Å². The van der Waals surface area contributed by atoms with Crippen LogP contribution in [0.3, 0.4) is 0 Å². The van der Waals surface area contributed by atoms with Crippen molar-refractivity contribution in [2.24, 2.45) is 0 Å². The van der Waals surface area contributed by atoms with E-state index < -0.39 is 0 Å². The van der Waals surface area contributed by atoms with Gasteiger partial charge in [0.2, 0.25) is 0 Å². The number of pyridine rings is 1. The van der Waals surface area contributed by atoms with Crippen LogP contribution in [-0.2, 0) is 0 Å². The SMILES string of the molecule is CC(=Cc1ccc2ncccc2c1)CO. The molecule has 0 atom stereocenters. The Morgan fingerprint density at radius 2 is 2.27 bits per heavy atom. The van der Waals surface area contributed by atoms with Gasteiger partial charge in [0.15, 0.2) is 0 Å². The van der Waals surface area contributed by atoms with Gasteiger partial charge in [0.05, 0.1) is 12.1 Å². The van der Waals surface area contributed by atoms with Crippen molar-refractivity contribution in [3.05, 3.63) is 47.7 Å². The number of rotatable bonds is 2. The summed E-state index contributed by atoms with van der Waals surface area (Å²) in [5.74, 6) is 0. The largest absolute Gasteiger partial charge is 0.392 e. The molecule has 1 heterocycles. The third-order valence-corrected chi connectivity index (χ3v) is 2.29. The van der Waals surface area contributed by atoms with Crippen LogP contribution in [0.5, 0.6) is 0 Å². The monoisotopic (exact) mass is 199 g/mol. The fourth-order valence-corrected chi connectivity index (χ4v) is 1.51. The maximum absolute atomic E-state index is 8.93. The van der Waals surface area contributed by atoms with Crippen molar-refractivity contribution in [3.8, 4) is 0 Å². The van der Waals surface area contributed by atoms with E-state index >= 15 is 0 Å². The Kier molecular flexibility index (Phi) is 2.79. The average molecular weight is 199 g/mol. The van der Waals surface area contributed by atoms with Gasteiger partial charge in [-0.3, -0.25) is 4.98 Å². The third kappa shape index (κ3) is 2.22. The van der Waals surface area contributed by atoms with Crippen LogP contribution in [0.1, 0.15) is 12.5 Å². The molecule has 0 bridgehead atoms. The van der Waals surface area contributed by atoms with E-state index in [1.165, 1.54) is 0 Å². The third-order valence-electron chi connectivity index (χ3n) is 2.29. The standard InChI is InChI=1S/C13H13NO/c1-10(9-15)7-11-4-5-13-12(8-11)3-2-6-14-13/h2-8,15H,9H2,1H3. The molecule has 0 fully saturated rings.